The number of amides is 2. The number of carbonyl (C=O) groups is 3. The molecular weight excluding hydrogens is 620 g/mol. The molecule has 2 saturated heterocycles. The summed E-state index contributed by atoms with van der Waals surface area (Å²) in [6, 6.07) is 20.0. The van der Waals surface area contributed by atoms with Crippen molar-refractivity contribution in [1.29, 1.82) is 0 Å². The van der Waals surface area contributed by atoms with Gasteiger partial charge in [-0.1, -0.05) is 0 Å². The normalized spacial score (nSPS) is 15.3. The zero-order valence-electron chi connectivity index (χ0n) is 25.8. The van der Waals surface area contributed by atoms with Crippen LogP contribution in [0.2, 0.25) is 0 Å². The van der Waals surface area contributed by atoms with E-state index in [9.17, 15) is 22.8 Å². The van der Waals surface area contributed by atoms with E-state index in [1.54, 1.807) is 59.5 Å². The summed E-state index contributed by atoms with van der Waals surface area (Å²) in [6.45, 7) is 4.77. The number of benzene rings is 2. The Kier molecular flexibility index (Phi) is 9.27. The van der Waals surface area contributed by atoms with Crippen LogP contribution >= 0.6 is 0 Å². The summed E-state index contributed by atoms with van der Waals surface area (Å²) in [6.07, 6.45) is 4.61. The van der Waals surface area contributed by atoms with Gasteiger partial charge in [0.2, 0.25) is 15.9 Å². The van der Waals surface area contributed by atoms with E-state index in [0.717, 1.165) is 18.5 Å². The number of hydrogen-bond acceptors (Lipinski definition) is 9. The lowest BCUT2D eigenvalue weighted by Crippen LogP contribution is -2.49. The number of ketones is 1. The van der Waals surface area contributed by atoms with E-state index >= 15 is 0 Å². The lowest BCUT2D eigenvalue weighted by Gasteiger charge is -2.36. The molecule has 0 saturated carbocycles. The molecule has 12 nitrogen and oxygen atoms in total. The second-order valence-corrected chi connectivity index (χ2v) is 13.3. The van der Waals surface area contributed by atoms with E-state index in [1.165, 1.54) is 29.7 Å². The molecule has 2 aromatic heterocycles. The van der Waals surface area contributed by atoms with Crippen molar-refractivity contribution in [2.75, 3.05) is 49.5 Å². The van der Waals surface area contributed by atoms with Gasteiger partial charge in [0.1, 0.15) is 11.4 Å². The number of sulfonamides is 1. The molecular formula is C34H34N6O6S. The van der Waals surface area contributed by atoms with E-state index < -0.39 is 15.9 Å². The number of Topliss-reactive ketones (excluding diaryl/α,β-unsaturated/α-hetero) is 1. The minimum absolute atomic E-state index is 0.0323. The third-order valence-electron chi connectivity index (χ3n) is 8.19. The van der Waals surface area contributed by atoms with Crippen LogP contribution in [0.4, 0.5) is 11.4 Å². The van der Waals surface area contributed by atoms with E-state index in [4.69, 9.17) is 4.74 Å². The van der Waals surface area contributed by atoms with Gasteiger partial charge in [0.05, 0.1) is 22.3 Å². The molecule has 242 valence electrons. The maximum atomic E-state index is 13.1. The SMILES string of the molecule is CC(=O)c1ccc(Oc2ccc(NC(=O)c3ccc(C(=O)N4CCN(c5ccc(S(=O)(=O)N6CCCC6)cc5)CC4)nc3)cn2)cc1. The van der Waals surface area contributed by atoms with Crippen LogP contribution in [-0.4, -0.2) is 84.5 Å². The largest absolute Gasteiger partial charge is 0.439 e. The summed E-state index contributed by atoms with van der Waals surface area (Å²) in [4.78, 5) is 50.0. The highest BCUT2D eigenvalue weighted by atomic mass is 32.2. The number of nitrogens with zero attached hydrogens (tertiary/aromatic N) is 5. The predicted molar refractivity (Wildman–Crippen MR) is 175 cm³/mol. The van der Waals surface area contributed by atoms with Crippen molar-refractivity contribution in [3.05, 3.63) is 102 Å². The van der Waals surface area contributed by atoms with E-state index in [0.29, 0.717) is 67.0 Å². The lowest BCUT2D eigenvalue weighted by atomic mass is 10.1. The lowest BCUT2D eigenvalue weighted by molar-refractivity contribution is 0.0740. The second kappa shape index (κ2) is 13.7. The van der Waals surface area contributed by atoms with Crippen LogP contribution in [0.3, 0.4) is 0 Å². The first kappa shape index (κ1) is 31.8. The van der Waals surface area contributed by atoms with Crippen LogP contribution in [-0.2, 0) is 10.0 Å². The molecule has 0 radical (unpaired) electrons. The topological polar surface area (TPSA) is 142 Å². The van der Waals surface area contributed by atoms with Gasteiger partial charge < -0.3 is 19.9 Å². The Bertz CT molecular complexity index is 1850. The summed E-state index contributed by atoms with van der Waals surface area (Å²) in [5, 5.41) is 2.76. The predicted octanol–water partition coefficient (Wildman–Crippen LogP) is 4.47. The van der Waals surface area contributed by atoms with Gasteiger partial charge in [-0.3, -0.25) is 19.4 Å². The molecule has 2 aromatic carbocycles. The summed E-state index contributed by atoms with van der Waals surface area (Å²) in [5.41, 5.74) is 2.47. The molecule has 2 aliphatic rings. The molecule has 13 heteroatoms. The minimum atomic E-state index is -3.46. The fourth-order valence-corrected chi connectivity index (χ4v) is 7.00. The second-order valence-electron chi connectivity index (χ2n) is 11.3. The van der Waals surface area contributed by atoms with Crippen molar-refractivity contribution in [1.82, 2.24) is 19.2 Å². The standard InChI is InChI=1S/C34H34N6O6S/c1-24(41)25-4-10-29(11-5-25)46-32-15-7-27(23-36-32)37-33(42)26-6-14-31(35-22-26)34(43)39-20-18-38(19-21-39)28-8-12-30(13-9-28)47(44,45)40-16-2-3-17-40/h4-15,22-23H,2-3,16-21H2,1H3,(H,37,42). The van der Waals surface area contributed by atoms with Gasteiger partial charge in [-0.15, -0.1) is 0 Å². The molecule has 2 fully saturated rings. The van der Waals surface area contributed by atoms with Crippen LogP contribution in [0.1, 0.15) is 51.0 Å². The summed E-state index contributed by atoms with van der Waals surface area (Å²) < 4.78 is 32.9. The molecule has 0 bridgehead atoms. The summed E-state index contributed by atoms with van der Waals surface area (Å²) in [7, 11) is -3.46. The monoisotopic (exact) mass is 654 g/mol. The molecule has 0 aliphatic carbocycles. The number of aromatic nitrogens is 2. The van der Waals surface area contributed by atoms with Gasteiger partial charge in [-0.05, 0) is 86.5 Å². The third-order valence-corrected chi connectivity index (χ3v) is 10.1. The van der Waals surface area contributed by atoms with Gasteiger partial charge in [0.25, 0.3) is 11.8 Å². The molecule has 0 atom stereocenters. The van der Waals surface area contributed by atoms with Crippen LogP contribution in [0.5, 0.6) is 11.6 Å². The van der Waals surface area contributed by atoms with E-state index in [1.807, 2.05) is 12.1 Å². The molecule has 4 heterocycles. The Labute approximate surface area is 273 Å². The molecule has 1 N–H and O–H groups in total. The first-order valence-electron chi connectivity index (χ1n) is 15.3. The average molecular weight is 655 g/mol. The highest BCUT2D eigenvalue weighted by Crippen LogP contribution is 2.25. The summed E-state index contributed by atoms with van der Waals surface area (Å²) in [5.74, 6) is 0.193. The number of hydrogen-bond donors (Lipinski definition) is 1. The van der Waals surface area contributed by atoms with Crippen molar-refractivity contribution in [2.24, 2.45) is 0 Å². The van der Waals surface area contributed by atoms with Crippen molar-refractivity contribution >= 4 is 39.0 Å². The molecule has 4 aromatic rings. The number of anilines is 2. The van der Waals surface area contributed by atoms with Gasteiger partial charge in [-0.2, -0.15) is 4.31 Å². The third kappa shape index (κ3) is 7.31. The Morgan fingerprint density at radius 2 is 1.43 bits per heavy atom. The van der Waals surface area contributed by atoms with Crippen molar-refractivity contribution in [2.45, 2.75) is 24.7 Å². The first-order chi connectivity index (χ1) is 22.7. The fourth-order valence-electron chi connectivity index (χ4n) is 5.49. The van der Waals surface area contributed by atoms with E-state index in [-0.39, 0.29) is 22.9 Å². The number of rotatable bonds is 9. The Hall–Kier alpha value is -5.14. The number of nitrogens with one attached hydrogen (secondary N) is 1. The highest BCUT2D eigenvalue weighted by molar-refractivity contribution is 7.89. The molecule has 0 spiro atoms. The van der Waals surface area contributed by atoms with Crippen LogP contribution < -0.4 is 15.0 Å². The molecule has 2 aliphatic heterocycles. The number of pyridine rings is 2. The number of carbonyl (C=O) groups excluding carboxylic acids is 3. The zero-order chi connectivity index (χ0) is 33.0. The number of ether oxygens (including phenoxy) is 1. The Balaban J connectivity index is 0.989. The van der Waals surface area contributed by atoms with Gasteiger partial charge in [0.15, 0.2) is 5.78 Å². The highest BCUT2D eigenvalue weighted by Gasteiger charge is 2.28. The van der Waals surface area contributed by atoms with Gasteiger partial charge >= 0.3 is 0 Å². The van der Waals surface area contributed by atoms with Crippen molar-refractivity contribution in [3.63, 3.8) is 0 Å². The molecule has 2 amide bonds. The molecule has 6 rings (SSSR count). The Morgan fingerprint density at radius 1 is 0.745 bits per heavy atom. The Morgan fingerprint density at radius 3 is 2.02 bits per heavy atom. The van der Waals surface area contributed by atoms with Gasteiger partial charge in [-0.25, -0.2) is 13.4 Å². The zero-order valence-corrected chi connectivity index (χ0v) is 26.7. The molecule has 47 heavy (non-hydrogen) atoms. The summed E-state index contributed by atoms with van der Waals surface area (Å²) >= 11 is 0. The minimum Gasteiger partial charge on any atom is -0.439 e. The number of piperazine rings is 1. The smallest absolute Gasteiger partial charge is 0.272 e. The van der Waals surface area contributed by atoms with Gasteiger partial charge in [0, 0.05) is 62.8 Å². The van der Waals surface area contributed by atoms with Crippen LogP contribution in [0.15, 0.2) is 90.1 Å². The van der Waals surface area contributed by atoms with Crippen molar-refractivity contribution < 1.29 is 27.5 Å². The maximum Gasteiger partial charge on any atom is 0.272 e. The van der Waals surface area contributed by atoms with E-state index in [2.05, 4.69) is 20.2 Å². The van der Waals surface area contributed by atoms with Crippen molar-refractivity contribution in [3.8, 4) is 11.6 Å². The average Bonchev–Trinajstić information content (AvgIpc) is 3.66. The van der Waals surface area contributed by atoms with Crippen LogP contribution in [0.25, 0.3) is 0 Å². The quantitative estimate of drug-likeness (QED) is 0.259. The first-order valence-corrected chi connectivity index (χ1v) is 16.8. The van der Waals surface area contributed by atoms with Crippen LogP contribution in [0, 0.1) is 0 Å². The fraction of sp³-hybridized carbons (Fsp3) is 0.265. The molecule has 0 unspecified atom stereocenters. The maximum absolute atomic E-state index is 13.1.